The number of esters is 1. The smallest absolute Gasteiger partial charge is 0.306 e. The number of Topliss-reactive ketones (excluding diaryl/α,β-unsaturated/α-hetero) is 1. The Labute approximate surface area is 124 Å². The first-order valence-electron chi connectivity index (χ1n) is 6.65. The van der Waals surface area contributed by atoms with Crippen LogP contribution in [0.25, 0.3) is 0 Å². The standard InChI is InChI=1S/C15H19ClO4/c1-2-19-15(18)9-8-14(17)12-4-6-13(7-5-12)20-11-3-10-16/h4-7H,2-3,8-11H2,1H3. The lowest BCUT2D eigenvalue weighted by Crippen LogP contribution is -2.08. The van der Waals surface area contributed by atoms with Crippen LogP contribution in [-0.2, 0) is 9.53 Å². The van der Waals surface area contributed by atoms with Gasteiger partial charge in [-0.05, 0) is 37.6 Å². The van der Waals surface area contributed by atoms with Gasteiger partial charge in [0.25, 0.3) is 0 Å². The lowest BCUT2D eigenvalue weighted by molar-refractivity contribution is -0.143. The van der Waals surface area contributed by atoms with Gasteiger partial charge >= 0.3 is 5.97 Å². The Balaban J connectivity index is 2.42. The molecule has 1 aromatic carbocycles. The number of hydrogen-bond donors (Lipinski definition) is 0. The molecule has 110 valence electrons. The molecule has 0 N–H and O–H groups in total. The van der Waals surface area contributed by atoms with Crippen LogP contribution < -0.4 is 4.74 Å². The third-order valence-electron chi connectivity index (χ3n) is 2.58. The summed E-state index contributed by atoms with van der Waals surface area (Å²) in [6.07, 6.45) is 1.05. The van der Waals surface area contributed by atoms with Gasteiger partial charge in [0, 0.05) is 17.9 Å². The normalized spacial score (nSPS) is 10.1. The van der Waals surface area contributed by atoms with Gasteiger partial charge in [0.15, 0.2) is 5.78 Å². The SMILES string of the molecule is CCOC(=O)CCC(=O)c1ccc(OCCCCl)cc1. The van der Waals surface area contributed by atoms with E-state index in [4.69, 9.17) is 21.1 Å². The van der Waals surface area contributed by atoms with E-state index in [9.17, 15) is 9.59 Å². The molecule has 4 nitrogen and oxygen atoms in total. The van der Waals surface area contributed by atoms with Crippen molar-refractivity contribution in [2.45, 2.75) is 26.2 Å². The number of ether oxygens (including phenoxy) is 2. The Morgan fingerprint density at radius 3 is 2.45 bits per heavy atom. The Morgan fingerprint density at radius 1 is 1.15 bits per heavy atom. The van der Waals surface area contributed by atoms with Crippen LogP contribution in [0.5, 0.6) is 5.75 Å². The van der Waals surface area contributed by atoms with Crippen molar-refractivity contribution in [3.8, 4) is 5.75 Å². The van der Waals surface area contributed by atoms with Gasteiger partial charge < -0.3 is 9.47 Å². The van der Waals surface area contributed by atoms with Crippen molar-refractivity contribution in [2.24, 2.45) is 0 Å². The highest BCUT2D eigenvalue weighted by Gasteiger charge is 2.10. The van der Waals surface area contributed by atoms with Crippen LogP contribution in [0.1, 0.15) is 36.5 Å². The van der Waals surface area contributed by atoms with Gasteiger partial charge in [-0.25, -0.2) is 0 Å². The first-order valence-corrected chi connectivity index (χ1v) is 7.18. The second-order valence-corrected chi connectivity index (χ2v) is 4.52. The van der Waals surface area contributed by atoms with Crippen molar-refractivity contribution >= 4 is 23.4 Å². The summed E-state index contributed by atoms with van der Waals surface area (Å²) in [5, 5.41) is 0. The zero-order chi connectivity index (χ0) is 14.8. The predicted molar refractivity (Wildman–Crippen MR) is 77.5 cm³/mol. The summed E-state index contributed by atoms with van der Waals surface area (Å²) < 4.78 is 10.2. The molecule has 1 rings (SSSR count). The summed E-state index contributed by atoms with van der Waals surface area (Å²) in [5.41, 5.74) is 0.569. The van der Waals surface area contributed by atoms with Crippen molar-refractivity contribution in [2.75, 3.05) is 19.1 Å². The van der Waals surface area contributed by atoms with Crippen LogP contribution in [0.15, 0.2) is 24.3 Å². The monoisotopic (exact) mass is 298 g/mol. The van der Waals surface area contributed by atoms with E-state index in [1.165, 1.54) is 0 Å². The molecule has 0 aliphatic heterocycles. The molecule has 0 aliphatic rings. The number of benzene rings is 1. The fraction of sp³-hybridized carbons (Fsp3) is 0.467. The summed E-state index contributed by atoms with van der Waals surface area (Å²) >= 11 is 5.55. The lowest BCUT2D eigenvalue weighted by atomic mass is 10.1. The molecule has 0 unspecified atom stereocenters. The Hall–Kier alpha value is -1.55. The van der Waals surface area contributed by atoms with Gasteiger partial charge in [-0.2, -0.15) is 0 Å². The maximum absolute atomic E-state index is 11.9. The van der Waals surface area contributed by atoms with Crippen LogP contribution in [0.3, 0.4) is 0 Å². The third-order valence-corrected chi connectivity index (χ3v) is 2.85. The highest BCUT2D eigenvalue weighted by Crippen LogP contribution is 2.14. The first kappa shape index (κ1) is 16.5. The molecule has 0 spiro atoms. The van der Waals surface area contributed by atoms with E-state index in [0.29, 0.717) is 30.4 Å². The number of alkyl halides is 1. The van der Waals surface area contributed by atoms with E-state index in [1.807, 2.05) is 0 Å². The number of carbonyl (C=O) groups excluding carboxylic acids is 2. The van der Waals surface area contributed by atoms with Crippen molar-refractivity contribution in [3.05, 3.63) is 29.8 Å². The largest absolute Gasteiger partial charge is 0.494 e. The summed E-state index contributed by atoms with van der Waals surface area (Å²) in [6, 6.07) is 6.88. The van der Waals surface area contributed by atoms with Gasteiger partial charge in [-0.3, -0.25) is 9.59 Å². The minimum atomic E-state index is -0.345. The summed E-state index contributed by atoms with van der Waals surface area (Å²) in [5.74, 6) is 0.842. The molecule has 0 atom stereocenters. The average Bonchev–Trinajstić information content (AvgIpc) is 2.46. The third kappa shape index (κ3) is 6.06. The van der Waals surface area contributed by atoms with Gasteiger partial charge in [-0.1, -0.05) is 0 Å². The molecule has 20 heavy (non-hydrogen) atoms. The van der Waals surface area contributed by atoms with E-state index in [1.54, 1.807) is 31.2 Å². The predicted octanol–water partition coefficient (Wildman–Crippen LogP) is 3.22. The molecule has 0 aromatic heterocycles. The molecule has 0 amide bonds. The molecule has 0 aliphatic carbocycles. The van der Waals surface area contributed by atoms with E-state index in [-0.39, 0.29) is 24.6 Å². The minimum Gasteiger partial charge on any atom is -0.494 e. The summed E-state index contributed by atoms with van der Waals surface area (Å²) in [7, 11) is 0. The van der Waals surface area contributed by atoms with Gasteiger partial charge in [-0.15, -0.1) is 11.6 Å². The Morgan fingerprint density at radius 2 is 1.85 bits per heavy atom. The van der Waals surface area contributed by atoms with Crippen LogP contribution in [-0.4, -0.2) is 30.8 Å². The molecule has 0 heterocycles. The molecule has 0 radical (unpaired) electrons. The molecule has 0 fully saturated rings. The van der Waals surface area contributed by atoms with Crippen molar-refractivity contribution in [1.82, 2.24) is 0 Å². The van der Waals surface area contributed by atoms with E-state index in [0.717, 1.165) is 6.42 Å². The van der Waals surface area contributed by atoms with Crippen LogP contribution in [0.2, 0.25) is 0 Å². The molecule has 1 aromatic rings. The molecule has 0 bridgehead atoms. The maximum Gasteiger partial charge on any atom is 0.306 e. The number of ketones is 1. The number of halogens is 1. The second kappa shape index (κ2) is 9.37. The summed E-state index contributed by atoms with van der Waals surface area (Å²) in [6.45, 7) is 2.63. The zero-order valence-electron chi connectivity index (χ0n) is 11.6. The quantitative estimate of drug-likeness (QED) is 0.304. The fourth-order valence-electron chi connectivity index (χ4n) is 1.57. The topological polar surface area (TPSA) is 52.6 Å². The molecular weight excluding hydrogens is 280 g/mol. The molecule has 5 heteroatoms. The van der Waals surface area contributed by atoms with Gasteiger partial charge in [0.2, 0.25) is 0 Å². The van der Waals surface area contributed by atoms with Crippen molar-refractivity contribution in [1.29, 1.82) is 0 Å². The average molecular weight is 299 g/mol. The van der Waals surface area contributed by atoms with Gasteiger partial charge in [0.05, 0.1) is 19.6 Å². The summed E-state index contributed by atoms with van der Waals surface area (Å²) in [4.78, 5) is 23.0. The lowest BCUT2D eigenvalue weighted by Gasteiger charge is -2.06. The van der Waals surface area contributed by atoms with Crippen molar-refractivity contribution in [3.63, 3.8) is 0 Å². The Bertz CT molecular complexity index is 428. The molecule has 0 saturated heterocycles. The van der Waals surface area contributed by atoms with E-state index < -0.39 is 0 Å². The zero-order valence-corrected chi connectivity index (χ0v) is 12.3. The van der Waals surface area contributed by atoms with E-state index >= 15 is 0 Å². The molecular formula is C15H19ClO4. The van der Waals surface area contributed by atoms with Crippen LogP contribution >= 0.6 is 11.6 Å². The van der Waals surface area contributed by atoms with E-state index in [2.05, 4.69) is 0 Å². The maximum atomic E-state index is 11.9. The second-order valence-electron chi connectivity index (χ2n) is 4.14. The molecule has 0 saturated carbocycles. The Kier molecular flexibility index (Phi) is 7.73. The fourth-order valence-corrected chi connectivity index (χ4v) is 1.68. The highest BCUT2D eigenvalue weighted by atomic mass is 35.5. The van der Waals surface area contributed by atoms with Crippen LogP contribution in [0, 0.1) is 0 Å². The van der Waals surface area contributed by atoms with Crippen molar-refractivity contribution < 1.29 is 19.1 Å². The van der Waals surface area contributed by atoms with Gasteiger partial charge in [0.1, 0.15) is 5.75 Å². The number of carbonyl (C=O) groups is 2. The number of rotatable bonds is 9. The number of hydrogen-bond acceptors (Lipinski definition) is 4. The minimum absolute atomic E-state index is 0.0784. The van der Waals surface area contributed by atoms with Crippen LogP contribution in [0.4, 0.5) is 0 Å². The first-order chi connectivity index (χ1) is 9.67. The highest BCUT2D eigenvalue weighted by molar-refractivity contribution is 6.17.